The van der Waals surface area contributed by atoms with E-state index in [0.29, 0.717) is 6.54 Å². The summed E-state index contributed by atoms with van der Waals surface area (Å²) in [6.07, 6.45) is 0. The third-order valence-electron chi connectivity index (χ3n) is 2.18. The predicted octanol–water partition coefficient (Wildman–Crippen LogP) is 0.138. The van der Waals surface area contributed by atoms with Gasteiger partial charge in [-0.3, -0.25) is 4.79 Å². The number of aromatic amines is 1. The highest BCUT2D eigenvalue weighted by atomic mass is 16.5. The van der Waals surface area contributed by atoms with Crippen molar-refractivity contribution in [2.24, 2.45) is 0 Å². The molecule has 0 atom stereocenters. The molecule has 1 amide bonds. The summed E-state index contributed by atoms with van der Waals surface area (Å²) >= 11 is 0. The van der Waals surface area contributed by atoms with Crippen LogP contribution >= 0.6 is 0 Å². The number of aromatic nitrogens is 4. The van der Waals surface area contributed by atoms with Crippen LogP contribution in [0.5, 0.6) is 5.75 Å². The highest BCUT2D eigenvalue weighted by molar-refractivity contribution is 5.89. The van der Waals surface area contributed by atoms with Crippen molar-refractivity contribution >= 4 is 5.91 Å². The number of amides is 1. The fourth-order valence-corrected chi connectivity index (χ4v) is 1.36. The third-order valence-corrected chi connectivity index (χ3v) is 2.18. The lowest BCUT2D eigenvalue weighted by Crippen LogP contribution is -2.24. The number of methoxy groups -OCH3 is 1. The van der Waals surface area contributed by atoms with Gasteiger partial charge in [-0.2, -0.15) is 5.21 Å². The van der Waals surface area contributed by atoms with Gasteiger partial charge in [-0.25, -0.2) is 0 Å². The van der Waals surface area contributed by atoms with Crippen molar-refractivity contribution in [3.63, 3.8) is 0 Å². The summed E-state index contributed by atoms with van der Waals surface area (Å²) in [6, 6.07) is 7.44. The second-order valence-corrected chi connectivity index (χ2v) is 3.23. The van der Waals surface area contributed by atoms with Crippen LogP contribution in [-0.4, -0.2) is 33.6 Å². The lowest BCUT2D eigenvalue weighted by atomic mass is 10.2. The van der Waals surface area contributed by atoms with Crippen LogP contribution in [0.15, 0.2) is 24.3 Å². The zero-order valence-electron chi connectivity index (χ0n) is 9.17. The topological polar surface area (TPSA) is 92.8 Å². The molecule has 1 heterocycles. The van der Waals surface area contributed by atoms with Crippen molar-refractivity contribution in [3.8, 4) is 5.75 Å². The van der Waals surface area contributed by atoms with Gasteiger partial charge in [0, 0.05) is 12.1 Å². The van der Waals surface area contributed by atoms with Crippen LogP contribution < -0.4 is 10.1 Å². The summed E-state index contributed by atoms with van der Waals surface area (Å²) in [4.78, 5) is 11.5. The first-order valence-electron chi connectivity index (χ1n) is 4.95. The van der Waals surface area contributed by atoms with Gasteiger partial charge in [-0.1, -0.05) is 18.2 Å². The van der Waals surface area contributed by atoms with Crippen molar-refractivity contribution in [2.75, 3.05) is 7.11 Å². The van der Waals surface area contributed by atoms with E-state index in [4.69, 9.17) is 4.74 Å². The van der Waals surface area contributed by atoms with Gasteiger partial charge in [0.05, 0.1) is 7.11 Å². The molecule has 88 valence electrons. The summed E-state index contributed by atoms with van der Waals surface area (Å²) in [5.41, 5.74) is 0.881. The molecule has 0 saturated carbocycles. The van der Waals surface area contributed by atoms with E-state index in [1.54, 1.807) is 7.11 Å². The van der Waals surface area contributed by atoms with Crippen LogP contribution in [-0.2, 0) is 6.54 Å². The molecule has 17 heavy (non-hydrogen) atoms. The minimum absolute atomic E-state index is 0.0138. The first-order valence-corrected chi connectivity index (χ1v) is 4.95. The van der Waals surface area contributed by atoms with E-state index in [-0.39, 0.29) is 11.7 Å². The van der Waals surface area contributed by atoms with Crippen LogP contribution in [0.4, 0.5) is 0 Å². The Hall–Kier alpha value is -2.44. The molecule has 0 aliphatic carbocycles. The molecule has 7 heteroatoms. The highest BCUT2D eigenvalue weighted by Crippen LogP contribution is 2.16. The minimum Gasteiger partial charge on any atom is -0.496 e. The monoisotopic (exact) mass is 233 g/mol. The third kappa shape index (κ3) is 2.57. The number of para-hydroxylation sites is 1. The number of hydrogen-bond acceptors (Lipinski definition) is 5. The molecule has 0 saturated heterocycles. The maximum Gasteiger partial charge on any atom is 0.293 e. The molecule has 1 aromatic heterocycles. The Balaban J connectivity index is 2.00. The normalized spacial score (nSPS) is 9.94. The number of H-pyrrole nitrogens is 1. The molecule has 2 aromatic rings. The van der Waals surface area contributed by atoms with E-state index in [1.165, 1.54) is 0 Å². The van der Waals surface area contributed by atoms with Gasteiger partial charge in [-0.15, -0.1) is 10.2 Å². The molecule has 2 N–H and O–H groups in total. The number of carbonyl (C=O) groups is 1. The SMILES string of the molecule is COc1ccccc1CNC(=O)c1nn[nH]n1. The minimum atomic E-state index is -0.385. The van der Waals surface area contributed by atoms with Crippen molar-refractivity contribution in [3.05, 3.63) is 35.7 Å². The quantitative estimate of drug-likeness (QED) is 0.783. The maximum absolute atomic E-state index is 11.5. The van der Waals surface area contributed by atoms with Crippen molar-refractivity contribution in [1.82, 2.24) is 25.9 Å². The standard InChI is InChI=1S/C10H11N5O2/c1-17-8-5-3-2-4-7(8)6-11-10(16)9-12-14-15-13-9/h2-5H,6H2,1H3,(H,11,16)(H,12,13,14,15). The van der Waals surface area contributed by atoms with Gasteiger partial charge in [0.2, 0.25) is 0 Å². The Morgan fingerprint density at radius 2 is 2.29 bits per heavy atom. The second-order valence-electron chi connectivity index (χ2n) is 3.23. The molecule has 0 bridgehead atoms. The maximum atomic E-state index is 11.5. The van der Waals surface area contributed by atoms with E-state index in [2.05, 4.69) is 25.9 Å². The van der Waals surface area contributed by atoms with E-state index < -0.39 is 0 Å². The Bertz CT molecular complexity index is 497. The summed E-state index contributed by atoms with van der Waals surface area (Å²) in [5, 5.41) is 15.4. The molecule has 0 fully saturated rings. The van der Waals surface area contributed by atoms with Gasteiger partial charge in [-0.05, 0) is 11.3 Å². The van der Waals surface area contributed by atoms with Gasteiger partial charge < -0.3 is 10.1 Å². The van der Waals surface area contributed by atoms with Crippen molar-refractivity contribution < 1.29 is 9.53 Å². The average Bonchev–Trinajstić information content (AvgIpc) is 2.90. The molecule has 2 rings (SSSR count). The van der Waals surface area contributed by atoms with Gasteiger partial charge in [0.1, 0.15) is 5.75 Å². The number of tetrazole rings is 1. The van der Waals surface area contributed by atoms with Gasteiger partial charge in [0.15, 0.2) is 0 Å². The van der Waals surface area contributed by atoms with Crippen LogP contribution in [0.2, 0.25) is 0 Å². The van der Waals surface area contributed by atoms with E-state index >= 15 is 0 Å². The molecule has 0 aliphatic heterocycles. The van der Waals surface area contributed by atoms with E-state index in [0.717, 1.165) is 11.3 Å². The highest BCUT2D eigenvalue weighted by Gasteiger charge is 2.10. The summed E-state index contributed by atoms with van der Waals surface area (Å²) in [6.45, 7) is 0.345. The van der Waals surface area contributed by atoms with Gasteiger partial charge >= 0.3 is 0 Å². The summed E-state index contributed by atoms with van der Waals surface area (Å²) < 4.78 is 5.17. The molecule has 0 unspecified atom stereocenters. The molecule has 0 spiro atoms. The fraction of sp³-hybridized carbons (Fsp3) is 0.200. The Morgan fingerprint density at radius 3 is 3.00 bits per heavy atom. The molecular weight excluding hydrogens is 222 g/mol. The first-order chi connectivity index (χ1) is 8.31. The predicted molar refractivity (Wildman–Crippen MR) is 58.3 cm³/mol. The smallest absolute Gasteiger partial charge is 0.293 e. The largest absolute Gasteiger partial charge is 0.496 e. The van der Waals surface area contributed by atoms with E-state index in [1.807, 2.05) is 24.3 Å². The molecule has 0 aliphatic rings. The number of nitrogens with zero attached hydrogens (tertiary/aromatic N) is 3. The Kier molecular flexibility index (Phi) is 3.29. The second kappa shape index (κ2) is 5.06. The van der Waals surface area contributed by atoms with Crippen molar-refractivity contribution in [2.45, 2.75) is 6.54 Å². The number of nitrogens with one attached hydrogen (secondary N) is 2. The van der Waals surface area contributed by atoms with Crippen LogP contribution in [0.1, 0.15) is 16.2 Å². The van der Waals surface area contributed by atoms with Crippen LogP contribution in [0.3, 0.4) is 0 Å². The molecule has 0 radical (unpaired) electrons. The number of benzene rings is 1. The fourth-order valence-electron chi connectivity index (χ4n) is 1.36. The number of rotatable bonds is 4. The summed E-state index contributed by atoms with van der Waals surface area (Å²) in [5.74, 6) is 0.352. The average molecular weight is 233 g/mol. The lowest BCUT2D eigenvalue weighted by molar-refractivity contribution is 0.0940. The summed E-state index contributed by atoms with van der Waals surface area (Å²) in [7, 11) is 1.58. The number of hydrogen-bond donors (Lipinski definition) is 2. The molecule has 1 aromatic carbocycles. The molecule has 7 nitrogen and oxygen atoms in total. The number of ether oxygens (including phenoxy) is 1. The first kappa shape index (κ1) is 11.1. The number of carbonyl (C=O) groups excluding carboxylic acids is 1. The molecular formula is C10H11N5O2. The van der Waals surface area contributed by atoms with Gasteiger partial charge in [0.25, 0.3) is 11.7 Å². The Labute approximate surface area is 97.2 Å². The zero-order valence-corrected chi connectivity index (χ0v) is 9.17. The zero-order chi connectivity index (χ0) is 12.1. The Morgan fingerprint density at radius 1 is 1.47 bits per heavy atom. The van der Waals surface area contributed by atoms with Crippen molar-refractivity contribution in [1.29, 1.82) is 0 Å². The lowest BCUT2D eigenvalue weighted by Gasteiger charge is -2.08. The van der Waals surface area contributed by atoms with Crippen LogP contribution in [0, 0.1) is 0 Å². The van der Waals surface area contributed by atoms with E-state index in [9.17, 15) is 4.79 Å². The van der Waals surface area contributed by atoms with Crippen LogP contribution in [0.25, 0.3) is 0 Å².